The van der Waals surface area contributed by atoms with Gasteiger partial charge in [-0.25, -0.2) is 0 Å². The van der Waals surface area contributed by atoms with E-state index < -0.39 is 17.2 Å². The molecule has 2 aromatic rings. The van der Waals surface area contributed by atoms with Gasteiger partial charge in [-0.2, -0.15) is 4.98 Å². The maximum Gasteiger partial charge on any atom is 0.298 e. The Morgan fingerprint density at radius 1 is 1.27 bits per heavy atom. The highest BCUT2D eigenvalue weighted by atomic mass is 16.5. The molecule has 0 radical (unpaired) electrons. The summed E-state index contributed by atoms with van der Waals surface area (Å²) >= 11 is 0. The highest BCUT2D eigenvalue weighted by Gasteiger charge is 2.54. The fraction of sp³-hybridized carbons (Fsp3) is 0.571. The van der Waals surface area contributed by atoms with Crippen LogP contribution >= 0.6 is 0 Å². The van der Waals surface area contributed by atoms with Crippen molar-refractivity contribution in [2.75, 3.05) is 31.1 Å². The Kier molecular flexibility index (Phi) is 5.42. The van der Waals surface area contributed by atoms with E-state index in [1.165, 1.54) is 6.92 Å². The summed E-state index contributed by atoms with van der Waals surface area (Å²) in [6, 6.07) is 8.21. The molecule has 3 heterocycles. The summed E-state index contributed by atoms with van der Waals surface area (Å²) in [6.07, 6.45) is 0.802. The van der Waals surface area contributed by atoms with Crippen molar-refractivity contribution in [2.45, 2.75) is 50.4 Å². The Bertz CT molecular complexity index is 903. The van der Waals surface area contributed by atoms with E-state index in [4.69, 9.17) is 9.15 Å². The number of carbonyl (C=O) groups excluding carboxylic acids is 2. The van der Waals surface area contributed by atoms with Gasteiger partial charge in [0.1, 0.15) is 11.6 Å². The number of nitrogens with zero attached hydrogens (tertiary/aromatic N) is 2. The highest BCUT2D eigenvalue weighted by Crippen LogP contribution is 2.40. The zero-order valence-electron chi connectivity index (χ0n) is 17.3. The first kappa shape index (κ1) is 20.6. The van der Waals surface area contributed by atoms with Crippen molar-refractivity contribution in [3.63, 3.8) is 0 Å². The molecule has 3 N–H and O–H groups in total. The molecule has 1 aromatic heterocycles. The van der Waals surface area contributed by atoms with Crippen LogP contribution in [0.15, 0.2) is 28.7 Å². The Morgan fingerprint density at radius 3 is 2.70 bits per heavy atom. The number of hydrogen-bond acceptors (Lipinski definition) is 7. The van der Waals surface area contributed by atoms with Gasteiger partial charge in [0.25, 0.3) is 6.01 Å². The number of nitrogens with one attached hydrogen (secondary N) is 2. The zero-order chi connectivity index (χ0) is 21.4. The molecule has 2 atom stereocenters. The van der Waals surface area contributed by atoms with E-state index in [2.05, 4.69) is 20.5 Å². The van der Waals surface area contributed by atoms with Gasteiger partial charge in [0.05, 0.1) is 17.7 Å². The molecule has 9 nitrogen and oxygen atoms in total. The van der Waals surface area contributed by atoms with Crippen LogP contribution in [0.4, 0.5) is 6.01 Å². The Balaban J connectivity index is 1.43. The van der Waals surface area contributed by atoms with E-state index >= 15 is 0 Å². The van der Waals surface area contributed by atoms with Gasteiger partial charge in [-0.15, -0.1) is 0 Å². The molecule has 2 fully saturated rings. The first-order valence-corrected chi connectivity index (χ1v) is 10.3. The van der Waals surface area contributed by atoms with Crippen molar-refractivity contribution in [3.05, 3.63) is 24.3 Å². The molecule has 0 bridgehead atoms. The molecule has 1 spiro atoms. The summed E-state index contributed by atoms with van der Waals surface area (Å²) in [5.74, 6) is -0.599. The molecule has 30 heavy (non-hydrogen) atoms. The van der Waals surface area contributed by atoms with Crippen molar-refractivity contribution in [2.24, 2.45) is 0 Å². The van der Waals surface area contributed by atoms with Crippen molar-refractivity contribution in [1.82, 2.24) is 15.6 Å². The van der Waals surface area contributed by atoms with Gasteiger partial charge < -0.3 is 29.8 Å². The minimum absolute atomic E-state index is 0.114. The number of fused-ring (bicyclic) bond motifs is 1. The third kappa shape index (κ3) is 3.87. The quantitative estimate of drug-likeness (QED) is 0.680. The molecule has 9 heteroatoms. The van der Waals surface area contributed by atoms with Crippen LogP contribution in [0.3, 0.4) is 0 Å². The molecular weight excluding hydrogens is 388 g/mol. The Morgan fingerprint density at radius 2 is 2.00 bits per heavy atom. The minimum atomic E-state index is -0.870. The molecule has 2 aliphatic rings. The second kappa shape index (κ2) is 7.88. The number of para-hydroxylation sites is 2. The van der Waals surface area contributed by atoms with E-state index in [-0.39, 0.29) is 18.4 Å². The number of oxazole rings is 1. The van der Waals surface area contributed by atoms with Crippen LogP contribution in [0.25, 0.3) is 11.1 Å². The number of ether oxygens (including phenoxy) is 1. The number of anilines is 1. The van der Waals surface area contributed by atoms with Crippen molar-refractivity contribution < 1.29 is 23.8 Å². The van der Waals surface area contributed by atoms with Gasteiger partial charge in [-0.3, -0.25) is 9.59 Å². The number of piperidine rings is 1. The number of aliphatic hydroxyl groups excluding tert-OH is 1. The minimum Gasteiger partial charge on any atom is -0.423 e. The molecule has 0 aliphatic carbocycles. The average molecular weight is 416 g/mol. The van der Waals surface area contributed by atoms with Crippen LogP contribution in [-0.4, -0.2) is 65.4 Å². The third-order valence-corrected chi connectivity index (χ3v) is 6.20. The number of amides is 2. The molecular formula is C21H28N4O5. The number of hydrogen-bond donors (Lipinski definition) is 3. The fourth-order valence-electron chi connectivity index (χ4n) is 4.45. The number of carbonyl (C=O) groups is 2. The smallest absolute Gasteiger partial charge is 0.298 e. The van der Waals surface area contributed by atoms with E-state index in [0.29, 0.717) is 45.0 Å². The number of aromatic nitrogens is 1. The van der Waals surface area contributed by atoms with Crippen LogP contribution in [0.5, 0.6) is 0 Å². The van der Waals surface area contributed by atoms with Gasteiger partial charge in [0, 0.05) is 26.6 Å². The van der Waals surface area contributed by atoms with E-state index in [1.54, 1.807) is 0 Å². The fourth-order valence-corrected chi connectivity index (χ4v) is 4.45. The number of aliphatic hydroxyl groups is 1. The van der Waals surface area contributed by atoms with E-state index in [0.717, 1.165) is 11.1 Å². The molecule has 162 valence electrons. The maximum absolute atomic E-state index is 12.3. The maximum atomic E-state index is 12.3. The Labute approximate surface area is 174 Å². The Hall–Kier alpha value is -2.65. The normalized spacial score (nSPS) is 26.0. The van der Waals surface area contributed by atoms with E-state index in [9.17, 15) is 14.7 Å². The summed E-state index contributed by atoms with van der Waals surface area (Å²) in [5.41, 5.74) is -0.00270. The number of rotatable bonds is 4. The second-order valence-corrected chi connectivity index (χ2v) is 8.39. The first-order chi connectivity index (χ1) is 14.3. The standard InChI is InChI=1S/C21H28N4O5/c1-14(26)22-13-17(27)24-20(2)9-12-29-21(18(20)28)7-10-25(11-8-21)19-23-15-5-3-4-6-16(15)30-19/h3-6,18,28H,7-13H2,1-2H3,(H,22,26)(H,24,27)/t18-,20+/m0/s1. The summed E-state index contributed by atoms with van der Waals surface area (Å²) in [5, 5.41) is 16.6. The molecule has 4 rings (SSSR count). The molecule has 0 unspecified atom stereocenters. The van der Waals surface area contributed by atoms with Gasteiger partial charge in [0.15, 0.2) is 5.58 Å². The molecule has 2 saturated heterocycles. The summed E-state index contributed by atoms with van der Waals surface area (Å²) < 4.78 is 12.0. The third-order valence-electron chi connectivity index (χ3n) is 6.20. The molecule has 0 saturated carbocycles. The predicted molar refractivity (Wildman–Crippen MR) is 110 cm³/mol. The van der Waals surface area contributed by atoms with Crippen molar-refractivity contribution >= 4 is 28.9 Å². The predicted octanol–water partition coefficient (Wildman–Crippen LogP) is 0.959. The molecule has 2 amide bonds. The van der Waals surface area contributed by atoms with Gasteiger partial charge in [-0.05, 0) is 38.3 Å². The zero-order valence-corrected chi connectivity index (χ0v) is 17.3. The van der Waals surface area contributed by atoms with Crippen molar-refractivity contribution in [1.29, 1.82) is 0 Å². The van der Waals surface area contributed by atoms with Crippen LogP contribution < -0.4 is 15.5 Å². The topological polar surface area (TPSA) is 117 Å². The lowest BCUT2D eigenvalue weighted by Crippen LogP contribution is -2.69. The van der Waals surface area contributed by atoms with Crippen LogP contribution in [-0.2, 0) is 14.3 Å². The van der Waals surface area contributed by atoms with Gasteiger partial charge >= 0.3 is 0 Å². The summed E-state index contributed by atoms with van der Waals surface area (Å²) in [7, 11) is 0. The SMILES string of the molecule is CC(=O)NCC(=O)N[C@]1(C)CCOC2(CCN(c3nc4ccccc4o3)CC2)[C@H]1O. The van der Waals surface area contributed by atoms with Crippen LogP contribution in [0, 0.1) is 0 Å². The van der Waals surface area contributed by atoms with Crippen LogP contribution in [0.2, 0.25) is 0 Å². The molecule has 1 aromatic carbocycles. The van der Waals surface area contributed by atoms with E-state index in [1.807, 2.05) is 31.2 Å². The van der Waals surface area contributed by atoms with Gasteiger partial charge in [-0.1, -0.05) is 12.1 Å². The van der Waals surface area contributed by atoms with Gasteiger partial charge in [0.2, 0.25) is 11.8 Å². The lowest BCUT2D eigenvalue weighted by atomic mass is 9.73. The average Bonchev–Trinajstić information content (AvgIpc) is 3.15. The monoisotopic (exact) mass is 416 g/mol. The first-order valence-electron chi connectivity index (χ1n) is 10.3. The highest BCUT2D eigenvalue weighted by molar-refractivity contribution is 5.84. The van der Waals surface area contributed by atoms with Crippen LogP contribution in [0.1, 0.15) is 33.1 Å². The largest absolute Gasteiger partial charge is 0.423 e. The lowest BCUT2D eigenvalue weighted by Gasteiger charge is -2.53. The second-order valence-electron chi connectivity index (χ2n) is 8.39. The van der Waals surface area contributed by atoms with Crippen molar-refractivity contribution in [3.8, 4) is 0 Å². The summed E-state index contributed by atoms with van der Waals surface area (Å²) in [4.78, 5) is 29.9. The lowest BCUT2D eigenvalue weighted by molar-refractivity contribution is -0.198. The molecule has 2 aliphatic heterocycles. The summed E-state index contributed by atoms with van der Waals surface area (Å²) in [6.45, 7) is 4.77. The number of benzene rings is 1.